The minimum absolute atomic E-state index is 0.0963. The van der Waals surface area contributed by atoms with Gasteiger partial charge in [0.1, 0.15) is 17.5 Å². The van der Waals surface area contributed by atoms with Crippen molar-refractivity contribution in [2.45, 2.75) is 19.3 Å². The third-order valence-electron chi connectivity index (χ3n) is 3.03. The summed E-state index contributed by atoms with van der Waals surface area (Å²) in [5, 5.41) is 15.6. The highest BCUT2D eigenvalue weighted by Gasteiger charge is 2.11. The molecule has 0 unspecified atom stereocenters. The van der Waals surface area contributed by atoms with Crippen molar-refractivity contribution >= 4 is 11.7 Å². The Balaban J connectivity index is 1.84. The number of amides is 1. The minimum atomic E-state index is -0.0963. The Hall–Kier alpha value is -2.61. The molecule has 0 saturated carbocycles. The number of rotatable bonds is 5. The number of nitrogens with zero attached hydrogens (tertiary/aromatic N) is 3. The van der Waals surface area contributed by atoms with Crippen LogP contribution in [0.5, 0.6) is 0 Å². The maximum Gasteiger partial charge on any atom is 0.225 e. The second-order valence-electron chi connectivity index (χ2n) is 4.53. The number of aryl methyl sites for hydroxylation is 2. The summed E-state index contributed by atoms with van der Waals surface area (Å²) in [6, 6.07) is 12.1. The third-order valence-corrected chi connectivity index (χ3v) is 3.03. The van der Waals surface area contributed by atoms with Crippen molar-refractivity contribution in [3.05, 3.63) is 47.7 Å². The minimum Gasteiger partial charge on any atom is -0.310 e. The normalized spacial score (nSPS) is 10.0. The maximum absolute atomic E-state index is 11.9. The predicted octanol–water partition coefficient (Wildman–Crippen LogP) is 2.25. The zero-order chi connectivity index (χ0) is 14.4. The highest BCUT2D eigenvalue weighted by Crippen LogP contribution is 2.13. The molecule has 20 heavy (non-hydrogen) atoms. The van der Waals surface area contributed by atoms with Gasteiger partial charge < -0.3 is 5.32 Å². The fourth-order valence-electron chi connectivity index (χ4n) is 1.96. The van der Waals surface area contributed by atoms with Crippen LogP contribution in [-0.2, 0) is 18.3 Å². The van der Waals surface area contributed by atoms with E-state index in [0.29, 0.717) is 17.8 Å². The van der Waals surface area contributed by atoms with Crippen molar-refractivity contribution < 1.29 is 4.79 Å². The number of hydrogen-bond donors (Lipinski definition) is 1. The number of anilines is 1. The van der Waals surface area contributed by atoms with E-state index in [1.165, 1.54) is 16.4 Å². The van der Waals surface area contributed by atoms with E-state index in [9.17, 15) is 4.79 Å². The summed E-state index contributed by atoms with van der Waals surface area (Å²) in [5.41, 5.74) is 1.60. The Bertz CT molecular complexity index is 625. The van der Waals surface area contributed by atoms with Gasteiger partial charge in [0.2, 0.25) is 5.91 Å². The summed E-state index contributed by atoms with van der Waals surface area (Å²) in [5.74, 6) is 0.359. The Morgan fingerprint density at radius 3 is 2.85 bits per heavy atom. The summed E-state index contributed by atoms with van der Waals surface area (Å²) in [6.45, 7) is 0. The van der Waals surface area contributed by atoms with Crippen molar-refractivity contribution in [1.82, 2.24) is 9.78 Å². The van der Waals surface area contributed by atoms with Crippen molar-refractivity contribution in [3.8, 4) is 6.07 Å². The number of nitriles is 1. The zero-order valence-corrected chi connectivity index (χ0v) is 11.3. The Morgan fingerprint density at radius 2 is 2.15 bits per heavy atom. The lowest BCUT2D eigenvalue weighted by Crippen LogP contribution is -2.15. The summed E-state index contributed by atoms with van der Waals surface area (Å²) >= 11 is 0. The van der Waals surface area contributed by atoms with E-state index in [1.807, 2.05) is 36.4 Å². The molecule has 0 atom stereocenters. The van der Waals surface area contributed by atoms with Gasteiger partial charge in [0.05, 0.1) is 6.20 Å². The molecule has 0 aliphatic rings. The second-order valence-corrected chi connectivity index (χ2v) is 4.53. The molecule has 2 rings (SSSR count). The molecule has 1 aromatic carbocycles. The molecule has 2 aromatic rings. The van der Waals surface area contributed by atoms with Crippen LogP contribution in [0.2, 0.25) is 0 Å². The van der Waals surface area contributed by atoms with E-state index in [4.69, 9.17) is 5.26 Å². The molecule has 1 aromatic heterocycles. The molecule has 1 heterocycles. The van der Waals surface area contributed by atoms with Crippen molar-refractivity contribution in [1.29, 1.82) is 5.26 Å². The quantitative estimate of drug-likeness (QED) is 0.904. The van der Waals surface area contributed by atoms with Crippen LogP contribution >= 0.6 is 0 Å². The van der Waals surface area contributed by atoms with Gasteiger partial charge in [-0.05, 0) is 18.4 Å². The van der Waals surface area contributed by atoms with Gasteiger partial charge in [-0.2, -0.15) is 10.4 Å². The van der Waals surface area contributed by atoms with Crippen LogP contribution in [0.4, 0.5) is 5.82 Å². The fraction of sp³-hybridized carbons (Fsp3) is 0.267. The first-order valence-electron chi connectivity index (χ1n) is 6.46. The van der Waals surface area contributed by atoms with Crippen molar-refractivity contribution in [3.63, 3.8) is 0 Å². The molecular formula is C15H16N4O. The fourth-order valence-corrected chi connectivity index (χ4v) is 1.96. The van der Waals surface area contributed by atoms with Gasteiger partial charge in [0.25, 0.3) is 0 Å². The van der Waals surface area contributed by atoms with Crippen LogP contribution in [0.3, 0.4) is 0 Å². The molecule has 102 valence electrons. The molecule has 0 radical (unpaired) electrons. The Morgan fingerprint density at radius 1 is 1.40 bits per heavy atom. The summed E-state index contributed by atoms with van der Waals surface area (Å²) < 4.78 is 1.49. The van der Waals surface area contributed by atoms with Crippen LogP contribution in [0.25, 0.3) is 0 Å². The van der Waals surface area contributed by atoms with Crippen LogP contribution in [0.15, 0.2) is 36.5 Å². The number of carbonyl (C=O) groups is 1. The average molecular weight is 268 g/mol. The van der Waals surface area contributed by atoms with E-state index in [2.05, 4.69) is 10.4 Å². The SMILES string of the molecule is Cn1ncc(C#N)c1NC(=O)CCCc1ccccc1. The molecule has 0 aliphatic heterocycles. The first-order valence-corrected chi connectivity index (χ1v) is 6.46. The number of aromatic nitrogens is 2. The van der Waals surface area contributed by atoms with Gasteiger partial charge in [0, 0.05) is 13.5 Å². The number of carbonyl (C=O) groups excluding carboxylic acids is 1. The molecule has 5 heteroatoms. The number of hydrogen-bond acceptors (Lipinski definition) is 3. The predicted molar refractivity (Wildman–Crippen MR) is 75.9 cm³/mol. The molecule has 0 spiro atoms. The zero-order valence-electron chi connectivity index (χ0n) is 11.3. The molecule has 0 aliphatic carbocycles. The van der Waals surface area contributed by atoms with E-state index < -0.39 is 0 Å². The molecule has 0 saturated heterocycles. The van der Waals surface area contributed by atoms with Gasteiger partial charge in [-0.3, -0.25) is 9.48 Å². The highest BCUT2D eigenvalue weighted by atomic mass is 16.1. The smallest absolute Gasteiger partial charge is 0.225 e. The van der Waals surface area contributed by atoms with E-state index in [-0.39, 0.29) is 5.91 Å². The Kier molecular flexibility index (Phi) is 4.51. The molecular weight excluding hydrogens is 252 g/mol. The number of benzene rings is 1. The van der Waals surface area contributed by atoms with E-state index in [1.54, 1.807) is 7.05 Å². The first-order chi connectivity index (χ1) is 9.70. The lowest BCUT2D eigenvalue weighted by atomic mass is 10.1. The average Bonchev–Trinajstić information content (AvgIpc) is 2.81. The van der Waals surface area contributed by atoms with Crippen molar-refractivity contribution in [2.75, 3.05) is 5.32 Å². The Labute approximate surface area is 117 Å². The van der Waals surface area contributed by atoms with Gasteiger partial charge in [0.15, 0.2) is 0 Å². The van der Waals surface area contributed by atoms with Gasteiger partial charge in [-0.1, -0.05) is 30.3 Å². The highest BCUT2D eigenvalue weighted by molar-refractivity contribution is 5.91. The number of nitrogens with one attached hydrogen (secondary N) is 1. The van der Waals surface area contributed by atoms with Crippen LogP contribution < -0.4 is 5.32 Å². The summed E-state index contributed by atoms with van der Waals surface area (Å²) in [7, 11) is 1.69. The van der Waals surface area contributed by atoms with Gasteiger partial charge >= 0.3 is 0 Å². The van der Waals surface area contributed by atoms with Crippen LogP contribution in [0, 0.1) is 11.3 Å². The first kappa shape index (κ1) is 13.8. The van der Waals surface area contributed by atoms with Gasteiger partial charge in [-0.15, -0.1) is 0 Å². The van der Waals surface area contributed by atoms with E-state index in [0.717, 1.165) is 12.8 Å². The summed E-state index contributed by atoms with van der Waals surface area (Å²) in [6.07, 6.45) is 3.50. The lowest BCUT2D eigenvalue weighted by molar-refractivity contribution is -0.116. The second kappa shape index (κ2) is 6.53. The molecule has 5 nitrogen and oxygen atoms in total. The molecule has 0 bridgehead atoms. The standard InChI is InChI=1S/C15H16N4O/c1-19-15(13(10-16)11-17-19)18-14(20)9-5-8-12-6-3-2-4-7-12/h2-4,6-7,11H,5,8-9H2,1H3,(H,18,20). The monoisotopic (exact) mass is 268 g/mol. The maximum atomic E-state index is 11.9. The third kappa shape index (κ3) is 3.45. The molecule has 1 N–H and O–H groups in total. The molecule has 0 fully saturated rings. The molecule has 1 amide bonds. The van der Waals surface area contributed by atoms with Crippen molar-refractivity contribution in [2.24, 2.45) is 7.05 Å². The summed E-state index contributed by atoms with van der Waals surface area (Å²) in [4.78, 5) is 11.9. The lowest BCUT2D eigenvalue weighted by Gasteiger charge is -2.06. The largest absolute Gasteiger partial charge is 0.310 e. The van der Waals surface area contributed by atoms with E-state index >= 15 is 0 Å². The van der Waals surface area contributed by atoms with Crippen LogP contribution in [-0.4, -0.2) is 15.7 Å². The topological polar surface area (TPSA) is 70.7 Å². The van der Waals surface area contributed by atoms with Gasteiger partial charge in [-0.25, -0.2) is 0 Å². The van der Waals surface area contributed by atoms with Crippen LogP contribution in [0.1, 0.15) is 24.0 Å².